The molecule has 0 aromatic heterocycles. The molecule has 0 nitrogen and oxygen atoms in total. The predicted octanol–water partition coefficient (Wildman–Crippen LogP) is 3.61. The first-order chi connectivity index (χ1) is 6.93. The molecular weight excluding hydrogens is 208 g/mol. The van der Waals surface area contributed by atoms with Crippen LogP contribution in [0.15, 0.2) is 60.7 Å². The van der Waals surface area contributed by atoms with Crippen LogP contribution in [0.25, 0.3) is 21.5 Å². The third-order valence-corrected chi connectivity index (χ3v) is 2.61. The quantitative estimate of drug-likeness (QED) is 0.399. The number of rotatable bonds is 0. The largest absolute Gasteiger partial charge is 2.00 e. The first kappa shape index (κ1) is 10.9. The van der Waals surface area contributed by atoms with Gasteiger partial charge in [0.15, 0.2) is 0 Å². The van der Waals surface area contributed by atoms with Crippen LogP contribution in [0.2, 0.25) is 0 Å². The SMILES string of the molecule is [Ca+2].c1ccc2cc3ccccc3cc2c1. The summed E-state index contributed by atoms with van der Waals surface area (Å²) in [6.07, 6.45) is 0. The normalized spacial score (nSPS) is 10.1. The van der Waals surface area contributed by atoms with Gasteiger partial charge in [-0.05, 0) is 33.7 Å². The van der Waals surface area contributed by atoms with Crippen LogP contribution in [0.1, 0.15) is 0 Å². The van der Waals surface area contributed by atoms with Crippen molar-refractivity contribution in [3.8, 4) is 0 Å². The fraction of sp³-hybridized carbons (Fsp3) is 0. The van der Waals surface area contributed by atoms with Gasteiger partial charge in [0.05, 0.1) is 0 Å². The van der Waals surface area contributed by atoms with Crippen molar-refractivity contribution in [2.45, 2.75) is 0 Å². The van der Waals surface area contributed by atoms with Crippen molar-refractivity contribution in [2.24, 2.45) is 0 Å². The van der Waals surface area contributed by atoms with E-state index in [1.165, 1.54) is 21.5 Å². The Bertz CT molecular complexity index is 494. The van der Waals surface area contributed by atoms with Gasteiger partial charge in [0.2, 0.25) is 0 Å². The molecule has 0 atom stereocenters. The van der Waals surface area contributed by atoms with Crippen molar-refractivity contribution in [1.29, 1.82) is 0 Å². The zero-order valence-corrected chi connectivity index (χ0v) is 10.7. The van der Waals surface area contributed by atoms with E-state index >= 15 is 0 Å². The van der Waals surface area contributed by atoms with Gasteiger partial charge < -0.3 is 0 Å². The van der Waals surface area contributed by atoms with Gasteiger partial charge >= 0.3 is 37.7 Å². The molecule has 0 unspecified atom stereocenters. The van der Waals surface area contributed by atoms with E-state index in [1.807, 2.05) is 0 Å². The van der Waals surface area contributed by atoms with Gasteiger partial charge in [-0.15, -0.1) is 0 Å². The fourth-order valence-corrected chi connectivity index (χ4v) is 1.88. The van der Waals surface area contributed by atoms with Crippen LogP contribution in [-0.4, -0.2) is 37.7 Å². The Kier molecular flexibility index (Phi) is 3.30. The number of fused-ring (bicyclic) bond motifs is 2. The third kappa shape index (κ3) is 2.03. The molecule has 0 N–H and O–H groups in total. The summed E-state index contributed by atoms with van der Waals surface area (Å²) in [7, 11) is 0. The second kappa shape index (κ2) is 4.52. The molecule has 1 heteroatoms. The van der Waals surface area contributed by atoms with Gasteiger partial charge in [0, 0.05) is 0 Å². The molecule has 0 aliphatic heterocycles. The first-order valence-electron chi connectivity index (χ1n) is 4.81. The van der Waals surface area contributed by atoms with E-state index in [0.29, 0.717) is 0 Å². The number of benzene rings is 3. The molecule has 0 saturated carbocycles. The summed E-state index contributed by atoms with van der Waals surface area (Å²) < 4.78 is 0. The average molecular weight is 218 g/mol. The van der Waals surface area contributed by atoms with E-state index in [-0.39, 0.29) is 37.7 Å². The van der Waals surface area contributed by atoms with Crippen LogP contribution >= 0.6 is 0 Å². The van der Waals surface area contributed by atoms with E-state index in [4.69, 9.17) is 0 Å². The molecule has 0 aliphatic carbocycles. The molecule has 3 aromatic rings. The van der Waals surface area contributed by atoms with Crippen molar-refractivity contribution < 1.29 is 0 Å². The van der Waals surface area contributed by atoms with Gasteiger partial charge in [-0.2, -0.15) is 0 Å². The maximum atomic E-state index is 2.24. The molecule has 0 fully saturated rings. The van der Waals surface area contributed by atoms with Gasteiger partial charge in [-0.3, -0.25) is 0 Å². The first-order valence-corrected chi connectivity index (χ1v) is 4.81. The summed E-state index contributed by atoms with van der Waals surface area (Å²) in [6.45, 7) is 0. The van der Waals surface area contributed by atoms with Crippen LogP contribution in [0.4, 0.5) is 0 Å². The van der Waals surface area contributed by atoms with Crippen molar-refractivity contribution in [2.75, 3.05) is 0 Å². The summed E-state index contributed by atoms with van der Waals surface area (Å²) in [5.41, 5.74) is 0. The van der Waals surface area contributed by atoms with Crippen LogP contribution < -0.4 is 0 Å². The Balaban J connectivity index is 0.000000853. The summed E-state index contributed by atoms with van der Waals surface area (Å²) in [5.74, 6) is 0. The van der Waals surface area contributed by atoms with E-state index in [2.05, 4.69) is 60.7 Å². The molecule has 0 amide bonds. The van der Waals surface area contributed by atoms with Gasteiger partial charge in [-0.25, -0.2) is 0 Å². The second-order valence-corrected chi connectivity index (χ2v) is 3.55. The average Bonchev–Trinajstić information content (AvgIpc) is 2.26. The van der Waals surface area contributed by atoms with Crippen LogP contribution in [0.3, 0.4) is 0 Å². The monoisotopic (exact) mass is 218 g/mol. The minimum absolute atomic E-state index is 0. The van der Waals surface area contributed by atoms with E-state index in [9.17, 15) is 0 Å². The number of hydrogen-bond donors (Lipinski definition) is 0. The Morgan fingerprint density at radius 2 is 0.733 bits per heavy atom. The standard InChI is InChI=1S/C14H10.Ca/c1-2-6-12-10-14-8-4-3-7-13(14)9-11(12)5-1;/h1-10H;/q;+2. The van der Waals surface area contributed by atoms with Crippen LogP contribution in [0, 0.1) is 0 Å². The van der Waals surface area contributed by atoms with Gasteiger partial charge in [0.25, 0.3) is 0 Å². The van der Waals surface area contributed by atoms with Crippen molar-refractivity contribution in [3.63, 3.8) is 0 Å². The molecule has 66 valence electrons. The Labute approximate surface area is 119 Å². The zero-order chi connectivity index (χ0) is 9.38. The molecule has 0 heterocycles. The Morgan fingerprint density at radius 3 is 1.00 bits per heavy atom. The van der Waals surface area contributed by atoms with E-state index in [1.54, 1.807) is 0 Å². The summed E-state index contributed by atoms with van der Waals surface area (Å²) in [4.78, 5) is 0. The topological polar surface area (TPSA) is 0 Å². The maximum absolute atomic E-state index is 2.24. The summed E-state index contributed by atoms with van der Waals surface area (Å²) in [5, 5.41) is 5.25. The summed E-state index contributed by atoms with van der Waals surface area (Å²) >= 11 is 0. The summed E-state index contributed by atoms with van der Waals surface area (Å²) in [6, 6.07) is 21.4. The van der Waals surface area contributed by atoms with Crippen LogP contribution in [-0.2, 0) is 0 Å². The maximum Gasteiger partial charge on any atom is 2.00 e. The van der Waals surface area contributed by atoms with Crippen molar-refractivity contribution in [1.82, 2.24) is 0 Å². The minimum atomic E-state index is 0. The molecular formula is C14H10Ca+2. The molecule has 3 aromatic carbocycles. The molecule has 0 spiro atoms. The Morgan fingerprint density at radius 1 is 0.467 bits per heavy atom. The predicted molar refractivity (Wildman–Crippen MR) is 67.2 cm³/mol. The van der Waals surface area contributed by atoms with E-state index < -0.39 is 0 Å². The minimum Gasteiger partial charge on any atom is -0.0616 e. The molecule has 0 bridgehead atoms. The molecule has 3 rings (SSSR count). The van der Waals surface area contributed by atoms with Gasteiger partial charge in [0.1, 0.15) is 0 Å². The third-order valence-electron chi connectivity index (χ3n) is 2.61. The fourth-order valence-electron chi connectivity index (χ4n) is 1.88. The second-order valence-electron chi connectivity index (χ2n) is 3.55. The van der Waals surface area contributed by atoms with Gasteiger partial charge in [-0.1, -0.05) is 48.5 Å². The van der Waals surface area contributed by atoms with Crippen molar-refractivity contribution >= 4 is 59.3 Å². The molecule has 0 saturated heterocycles. The number of hydrogen-bond acceptors (Lipinski definition) is 0. The smallest absolute Gasteiger partial charge is 0.0616 e. The van der Waals surface area contributed by atoms with E-state index in [0.717, 1.165) is 0 Å². The Hall–Kier alpha value is -0.560. The zero-order valence-electron chi connectivity index (χ0n) is 8.48. The molecule has 0 aliphatic rings. The van der Waals surface area contributed by atoms with Crippen molar-refractivity contribution in [3.05, 3.63) is 60.7 Å². The van der Waals surface area contributed by atoms with Crippen LogP contribution in [0.5, 0.6) is 0 Å². The molecule has 15 heavy (non-hydrogen) atoms. The molecule has 0 radical (unpaired) electrons.